The Morgan fingerprint density at radius 3 is 2.68 bits per heavy atom. The fourth-order valence-electron chi connectivity index (χ4n) is 2.89. The van der Waals surface area contributed by atoms with Crippen LogP contribution in [0, 0.1) is 0 Å². The third-order valence-corrected chi connectivity index (χ3v) is 4.13. The van der Waals surface area contributed by atoms with Crippen LogP contribution in [0.15, 0.2) is 42.5 Å². The van der Waals surface area contributed by atoms with Gasteiger partial charge in [0, 0.05) is 18.3 Å². The minimum absolute atomic E-state index is 0. The van der Waals surface area contributed by atoms with E-state index in [9.17, 15) is 4.79 Å². The maximum atomic E-state index is 12.5. The number of carbonyl (C=O) groups is 1. The van der Waals surface area contributed by atoms with E-state index in [-0.39, 0.29) is 24.4 Å². The zero-order valence-electron chi connectivity index (χ0n) is 14.4. The Morgan fingerprint density at radius 1 is 1.20 bits per heavy atom. The van der Waals surface area contributed by atoms with Gasteiger partial charge in [0.05, 0.1) is 19.8 Å². The SMILES string of the molecule is CCOc1ccc(NC(=O)C2Cc3ccccc3CN2)cc1OC.Cl. The number of halogens is 1. The highest BCUT2D eigenvalue weighted by molar-refractivity contribution is 5.95. The van der Waals surface area contributed by atoms with Crippen molar-refractivity contribution in [3.8, 4) is 11.5 Å². The Balaban J connectivity index is 0.00000225. The number of nitrogens with one attached hydrogen (secondary N) is 2. The second-order valence-corrected chi connectivity index (χ2v) is 5.69. The lowest BCUT2D eigenvalue weighted by atomic mass is 9.95. The second kappa shape index (κ2) is 8.74. The molecule has 0 radical (unpaired) electrons. The quantitative estimate of drug-likeness (QED) is 0.857. The Hall–Kier alpha value is -2.24. The van der Waals surface area contributed by atoms with Crippen molar-refractivity contribution < 1.29 is 14.3 Å². The molecule has 0 saturated heterocycles. The Labute approximate surface area is 154 Å². The van der Waals surface area contributed by atoms with Crippen molar-refractivity contribution in [2.45, 2.75) is 25.9 Å². The van der Waals surface area contributed by atoms with Gasteiger partial charge in [-0.1, -0.05) is 24.3 Å². The van der Waals surface area contributed by atoms with E-state index in [1.165, 1.54) is 11.1 Å². The van der Waals surface area contributed by atoms with E-state index >= 15 is 0 Å². The van der Waals surface area contributed by atoms with Crippen LogP contribution in [-0.4, -0.2) is 25.7 Å². The predicted molar refractivity (Wildman–Crippen MR) is 101 cm³/mol. The number of rotatable bonds is 5. The third kappa shape index (κ3) is 4.44. The molecule has 25 heavy (non-hydrogen) atoms. The van der Waals surface area contributed by atoms with Crippen LogP contribution in [0.25, 0.3) is 0 Å². The number of anilines is 1. The first-order chi connectivity index (χ1) is 11.7. The molecule has 2 aromatic rings. The number of fused-ring (bicyclic) bond motifs is 1. The summed E-state index contributed by atoms with van der Waals surface area (Å²) < 4.78 is 10.8. The molecule has 1 unspecified atom stereocenters. The molecular formula is C19H23ClN2O3. The molecule has 2 N–H and O–H groups in total. The topological polar surface area (TPSA) is 59.6 Å². The van der Waals surface area contributed by atoms with Gasteiger partial charge in [0.15, 0.2) is 11.5 Å². The summed E-state index contributed by atoms with van der Waals surface area (Å²) in [6.45, 7) is 3.19. The first kappa shape index (κ1) is 19.1. The lowest BCUT2D eigenvalue weighted by Gasteiger charge is -2.25. The molecule has 1 heterocycles. The van der Waals surface area contributed by atoms with Crippen LogP contribution in [0.2, 0.25) is 0 Å². The molecule has 134 valence electrons. The molecular weight excluding hydrogens is 340 g/mol. The van der Waals surface area contributed by atoms with E-state index in [1.54, 1.807) is 13.2 Å². The Bertz CT molecular complexity index is 736. The Morgan fingerprint density at radius 2 is 1.96 bits per heavy atom. The molecule has 0 spiro atoms. The van der Waals surface area contributed by atoms with Gasteiger partial charge < -0.3 is 20.1 Å². The average Bonchev–Trinajstić information content (AvgIpc) is 2.62. The van der Waals surface area contributed by atoms with Crippen molar-refractivity contribution in [1.29, 1.82) is 0 Å². The highest BCUT2D eigenvalue weighted by Crippen LogP contribution is 2.30. The summed E-state index contributed by atoms with van der Waals surface area (Å²) in [7, 11) is 1.59. The Kier molecular flexibility index (Phi) is 6.67. The molecule has 0 fully saturated rings. The van der Waals surface area contributed by atoms with Gasteiger partial charge in [-0.05, 0) is 36.6 Å². The number of carbonyl (C=O) groups excluding carboxylic acids is 1. The minimum Gasteiger partial charge on any atom is -0.493 e. The van der Waals surface area contributed by atoms with Gasteiger partial charge in [-0.2, -0.15) is 0 Å². The number of benzene rings is 2. The summed E-state index contributed by atoms with van der Waals surface area (Å²) in [5.41, 5.74) is 3.17. The molecule has 1 amide bonds. The van der Waals surface area contributed by atoms with E-state index < -0.39 is 0 Å². The largest absolute Gasteiger partial charge is 0.493 e. The van der Waals surface area contributed by atoms with E-state index in [1.807, 2.05) is 31.2 Å². The molecule has 0 aliphatic carbocycles. The number of ether oxygens (including phenoxy) is 2. The van der Waals surface area contributed by atoms with Crippen LogP contribution in [0.4, 0.5) is 5.69 Å². The highest BCUT2D eigenvalue weighted by atomic mass is 35.5. The summed E-state index contributed by atoms with van der Waals surface area (Å²) in [6.07, 6.45) is 0.691. The summed E-state index contributed by atoms with van der Waals surface area (Å²) in [5.74, 6) is 1.23. The molecule has 1 atom stereocenters. The number of methoxy groups -OCH3 is 1. The van der Waals surface area contributed by atoms with E-state index in [4.69, 9.17) is 9.47 Å². The monoisotopic (exact) mass is 362 g/mol. The molecule has 1 aliphatic rings. The normalized spacial score (nSPS) is 15.5. The molecule has 0 aromatic heterocycles. The zero-order chi connectivity index (χ0) is 16.9. The van der Waals surface area contributed by atoms with Crippen LogP contribution < -0.4 is 20.1 Å². The van der Waals surface area contributed by atoms with Crippen LogP contribution in [0.5, 0.6) is 11.5 Å². The molecule has 1 aliphatic heterocycles. The fourth-order valence-corrected chi connectivity index (χ4v) is 2.89. The van der Waals surface area contributed by atoms with Crippen LogP contribution in [-0.2, 0) is 17.8 Å². The lowest BCUT2D eigenvalue weighted by molar-refractivity contribution is -0.118. The molecule has 6 heteroatoms. The highest BCUT2D eigenvalue weighted by Gasteiger charge is 2.24. The zero-order valence-corrected chi connectivity index (χ0v) is 15.2. The average molecular weight is 363 g/mol. The summed E-state index contributed by atoms with van der Waals surface area (Å²) in [6, 6.07) is 13.4. The third-order valence-electron chi connectivity index (χ3n) is 4.13. The van der Waals surface area contributed by atoms with Gasteiger partial charge in [0.2, 0.25) is 5.91 Å². The smallest absolute Gasteiger partial charge is 0.241 e. The lowest BCUT2D eigenvalue weighted by Crippen LogP contribution is -2.44. The molecule has 2 aromatic carbocycles. The van der Waals surface area contributed by atoms with E-state index in [2.05, 4.69) is 22.8 Å². The van der Waals surface area contributed by atoms with Gasteiger partial charge in [0.25, 0.3) is 0 Å². The maximum Gasteiger partial charge on any atom is 0.241 e. The standard InChI is InChI=1S/C19H22N2O3.ClH/c1-3-24-17-9-8-15(11-18(17)23-2)21-19(22)16-10-13-6-4-5-7-14(13)12-20-16;/h4-9,11,16,20H,3,10,12H2,1-2H3,(H,21,22);1H. The van der Waals surface area contributed by atoms with Gasteiger partial charge in [0.1, 0.15) is 0 Å². The number of amides is 1. The molecule has 5 nitrogen and oxygen atoms in total. The van der Waals surface area contributed by atoms with Gasteiger partial charge in [-0.15, -0.1) is 12.4 Å². The van der Waals surface area contributed by atoms with Crippen molar-refractivity contribution >= 4 is 24.0 Å². The maximum absolute atomic E-state index is 12.5. The molecule has 0 bridgehead atoms. The van der Waals surface area contributed by atoms with Crippen LogP contribution in [0.1, 0.15) is 18.1 Å². The summed E-state index contributed by atoms with van der Waals surface area (Å²) in [4.78, 5) is 12.5. The summed E-state index contributed by atoms with van der Waals surface area (Å²) >= 11 is 0. The van der Waals surface area contributed by atoms with Crippen molar-refractivity contribution in [3.63, 3.8) is 0 Å². The summed E-state index contributed by atoms with van der Waals surface area (Å²) in [5, 5.41) is 6.24. The predicted octanol–water partition coefficient (Wildman–Crippen LogP) is 3.17. The van der Waals surface area contributed by atoms with Crippen LogP contribution >= 0.6 is 12.4 Å². The fraction of sp³-hybridized carbons (Fsp3) is 0.316. The van der Waals surface area contributed by atoms with Gasteiger partial charge in [-0.25, -0.2) is 0 Å². The van der Waals surface area contributed by atoms with Gasteiger partial charge in [-0.3, -0.25) is 4.79 Å². The first-order valence-corrected chi connectivity index (χ1v) is 8.13. The number of hydrogen-bond acceptors (Lipinski definition) is 4. The molecule has 3 rings (SSSR count). The van der Waals surface area contributed by atoms with Gasteiger partial charge >= 0.3 is 0 Å². The van der Waals surface area contributed by atoms with Crippen LogP contribution in [0.3, 0.4) is 0 Å². The van der Waals surface area contributed by atoms with Crippen molar-refractivity contribution in [1.82, 2.24) is 5.32 Å². The minimum atomic E-state index is -0.238. The van der Waals surface area contributed by atoms with Crippen molar-refractivity contribution in [2.75, 3.05) is 19.0 Å². The second-order valence-electron chi connectivity index (χ2n) is 5.69. The number of hydrogen-bond donors (Lipinski definition) is 2. The first-order valence-electron chi connectivity index (χ1n) is 8.13. The van der Waals surface area contributed by atoms with Crippen molar-refractivity contribution in [3.05, 3.63) is 53.6 Å². The van der Waals surface area contributed by atoms with E-state index in [0.29, 0.717) is 36.8 Å². The van der Waals surface area contributed by atoms with Crippen molar-refractivity contribution in [2.24, 2.45) is 0 Å². The molecule has 0 saturated carbocycles. The van der Waals surface area contributed by atoms with E-state index in [0.717, 1.165) is 0 Å².